The highest BCUT2D eigenvalue weighted by atomic mass is 19.1. The summed E-state index contributed by atoms with van der Waals surface area (Å²) in [5.41, 5.74) is 1.21. The maximum Gasteiger partial charge on any atom is 0.291 e. The van der Waals surface area contributed by atoms with Crippen LogP contribution in [0.25, 0.3) is 5.69 Å². The van der Waals surface area contributed by atoms with Crippen molar-refractivity contribution in [1.29, 1.82) is 0 Å². The highest BCUT2D eigenvalue weighted by molar-refractivity contribution is 6.06. The summed E-state index contributed by atoms with van der Waals surface area (Å²) in [5, 5.41) is 9.15. The van der Waals surface area contributed by atoms with E-state index in [4.69, 9.17) is 4.42 Å². The molecule has 0 bridgehead atoms. The van der Waals surface area contributed by atoms with E-state index in [-0.39, 0.29) is 17.1 Å². The lowest BCUT2D eigenvalue weighted by molar-refractivity contribution is 0.0993. The molecule has 2 heterocycles. The number of anilines is 2. The molecule has 0 aliphatic heterocycles. The summed E-state index contributed by atoms with van der Waals surface area (Å²) in [6, 6.07) is 13.7. The zero-order chi connectivity index (χ0) is 20.2. The molecule has 0 aliphatic carbocycles. The molecular weight excluding hydrogens is 377 g/mol. The van der Waals surface area contributed by atoms with E-state index >= 15 is 0 Å². The number of carbonyl (C=O) groups is 2. The largest absolute Gasteiger partial charge is 0.459 e. The first-order valence-corrected chi connectivity index (χ1v) is 8.51. The maximum absolute atomic E-state index is 14.3. The summed E-state index contributed by atoms with van der Waals surface area (Å²) >= 11 is 0. The van der Waals surface area contributed by atoms with Crippen molar-refractivity contribution in [3.8, 4) is 5.69 Å². The van der Waals surface area contributed by atoms with Crippen LogP contribution in [-0.4, -0.2) is 26.6 Å². The molecule has 2 N–H and O–H groups in total. The Labute approximate surface area is 164 Å². The van der Waals surface area contributed by atoms with Gasteiger partial charge in [0.15, 0.2) is 11.6 Å². The van der Waals surface area contributed by atoms with Gasteiger partial charge in [-0.2, -0.15) is 5.10 Å². The van der Waals surface area contributed by atoms with Crippen molar-refractivity contribution in [3.05, 3.63) is 90.7 Å². The van der Waals surface area contributed by atoms with Gasteiger partial charge in [0.2, 0.25) is 0 Å². The van der Waals surface area contributed by atoms with Crippen LogP contribution in [-0.2, 0) is 0 Å². The predicted molar refractivity (Wildman–Crippen MR) is 102 cm³/mol. The molecule has 0 aliphatic rings. The van der Waals surface area contributed by atoms with Crippen molar-refractivity contribution in [3.63, 3.8) is 0 Å². The van der Waals surface area contributed by atoms with E-state index < -0.39 is 17.6 Å². The molecule has 0 saturated carbocycles. The number of furan rings is 1. The van der Waals surface area contributed by atoms with Gasteiger partial charge in [-0.05, 0) is 48.5 Å². The minimum atomic E-state index is -0.562. The van der Waals surface area contributed by atoms with Crippen LogP contribution in [0.2, 0.25) is 0 Å². The molecule has 9 heteroatoms. The third-order valence-corrected chi connectivity index (χ3v) is 4.00. The normalized spacial score (nSPS) is 10.5. The molecule has 0 spiro atoms. The minimum Gasteiger partial charge on any atom is -0.459 e. The Morgan fingerprint density at radius 1 is 0.966 bits per heavy atom. The number of nitrogens with one attached hydrogen (secondary N) is 2. The zero-order valence-electron chi connectivity index (χ0n) is 14.9. The monoisotopic (exact) mass is 391 g/mol. The first-order valence-electron chi connectivity index (χ1n) is 8.51. The molecule has 4 aromatic rings. The second-order valence-corrected chi connectivity index (χ2v) is 5.97. The van der Waals surface area contributed by atoms with E-state index in [0.29, 0.717) is 11.3 Å². The van der Waals surface area contributed by atoms with E-state index in [1.54, 1.807) is 30.3 Å². The van der Waals surface area contributed by atoms with E-state index in [1.807, 2.05) is 0 Å². The molecular formula is C20H14FN5O3. The number of nitrogens with zero attached hydrogens (tertiary/aromatic N) is 3. The van der Waals surface area contributed by atoms with E-state index in [9.17, 15) is 14.0 Å². The standard InChI is InChI=1S/C20H14FN5O3/c21-16-10-15(6-7-17(16)26-12-22-11-23-26)24-19(27)13-3-1-4-14(9-13)25-20(28)18-5-2-8-29-18/h1-12H,(H,24,27)(H,25,28). The van der Waals surface area contributed by atoms with Gasteiger partial charge in [0, 0.05) is 16.9 Å². The molecule has 0 fully saturated rings. The van der Waals surface area contributed by atoms with Crippen molar-refractivity contribution < 1.29 is 18.4 Å². The fourth-order valence-electron chi connectivity index (χ4n) is 2.64. The summed E-state index contributed by atoms with van der Waals surface area (Å²) < 4.78 is 20.6. The van der Waals surface area contributed by atoms with E-state index in [1.165, 1.54) is 47.9 Å². The number of hydrogen-bond acceptors (Lipinski definition) is 5. The number of aromatic nitrogens is 3. The van der Waals surface area contributed by atoms with Crippen LogP contribution >= 0.6 is 0 Å². The first kappa shape index (κ1) is 18.1. The summed E-state index contributed by atoms with van der Waals surface area (Å²) in [6.45, 7) is 0. The number of benzene rings is 2. The predicted octanol–water partition coefficient (Wildman–Crippen LogP) is 3.50. The molecule has 0 saturated heterocycles. The Bertz CT molecular complexity index is 1160. The quantitative estimate of drug-likeness (QED) is 0.542. The number of amides is 2. The van der Waals surface area contributed by atoms with Crippen molar-refractivity contribution >= 4 is 23.2 Å². The van der Waals surface area contributed by atoms with Crippen LogP contribution in [0.3, 0.4) is 0 Å². The highest BCUT2D eigenvalue weighted by Crippen LogP contribution is 2.19. The SMILES string of the molecule is O=C(Nc1ccc(-n2cncn2)c(F)c1)c1cccc(NC(=O)c2ccco2)c1. The second-order valence-electron chi connectivity index (χ2n) is 5.97. The maximum atomic E-state index is 14.3. The third kappa shape index (κ3) is 4.03. The van der Waals surface area contributed by atoms with Gasteiger partial charge in [-0.25, -0.2) is 14.1 Å². The van der Waals surface area contributed by atoms with Crippen molar-refractivity contribution in [1.82, 2.24) is 14.8 Å². The van der Waals surface area contributed by atoms with Crippen LogP contribution in [0, 0.1) is 5.82 Å². The topological polar surface area (TPSA) is 102 Å². The van der Waals surface area contributed by atoms with Gasteiger partial charge >= 0.3 is 0 Å². The molecule has 2 amide bonds. The Morgan fingerprint density at radius 2 is 1.79 bits per heavy atom. The van der Waals surface area contributed by atoms with E-state index in [0.717, 1.165) is 0 Å². The van der Waals surface area contributed by atoms with Gasteiger partial charge in [0.1, 0.15) is 18.3 Å². The lowest BCUT2D eigenvalue weighted by Gasteiger charge is -2.09. The Balaban J connectivity index is 1.47. The molecule has 0 unspecified atom stereocenters. The van der Waals surface area contributed by atoms with Crippen molar-refractivity contribution in [2.24, 2.45) is 0 Å². The molecule has 2 aromatic heterocycles. The lowest BCUT2D eigenvalue weighted by Crippen LogP contribution is -2.14. The average Bonchev–Trinajstić information content (AvgIpc) is 3.42. The zero-order valence-corrected chi connectivity index (χ0v) is 14.9. The van der Waals surface area contributed by atoms with Gasteiger partial charge in [0.05, 0.1) is 6.26 Å². The average molecular weight is 391 g/mol. The molecule has 2 aromatic carbocycles. The summed E-state index contributed by atoms with van der Waals surface area (Å²) in [6.07, 6.45) is 4.07. The minimum absolute atomic E-state index is 0.155. The van der Waals surface area contributed by atoms with Crippen LogP contribution in [0.1, 0.15) is 20.9 Å². The van der Waals surface area contributed by atoms with E-state index in [2.05, 4.69) is 20.7 Å². The number of rotatable bonds is 5. The molecule has 29 heavy (non-hydrogen) atoms. The Kier molecular flexibility index (Phi) is 4.85. The Hall–Kier alpha value is -4.27. The van der Waals surface area contributed by atoms with Crippen LogP contribution in [0.4, 0.5) is 15.8 Å². The smallest absolute Gasteiger partial charge is 0.291 e. The van der Waals surface area contributed by atoms with Crippen LogP contribution in [0.5, 0.6) is 0 Å². The summed E-state index contributed by atoms with van der Waals surface area (Å²) in [5.74, 6) is -1.29. The van der Waals surface area contributed by atoms with Gasteiger partial charge in [-0.1, -0.05) is 6.07 Å². The van der Waals surface area contributed by atoms with Gasteiger partial charge < -0.3 is 15.1 Å². The third-order valence-electron chi connectivity index (χ3n) is 4.00. The second kappa shape index (κ2) is 7.77. The Morgan fingerprint density at radius 3 is 2.52 bits per heavy atom. The van der Waals surface area contributed by atoms with Gasteiger partial charge in [-0.3, -0.25) is 9.59 Å². The summed E-state index contributed by atoms with van der Waals surface area (Å²) in [4.78, 5) is 28.3. The van der Waals surface area contributed by atoms with Crippen LogP contribution < -0.4 is 10.6 Å². The van der Waals surface area contributed by atoms with Crippen molar-refractivity contribution in [2.45, 2.75) is 0 Å². The highest BCUT2D eigenvalue weighted by Gasteiger charge is 2.12. The molecule has 4 rings (SSSR count). The van der Waals surface area contributed by atoms with Gasteiger partial charge in [-0.15, -0.1) is 0 Å². The molecule has 0 atom stereocenters. The number of hydrogen-bond donors (Lipinski definition) is 2. The van der Waals surface area contributed by atoms with Gasteiger partial charge in [0.25, 0.3) is 11.8 Å². The molecule has 144 valence electrons. The van der Waals surface area contributed by atoms with Crippen LogP contribution in [0.15, 0.2) is 77.9 Å². The fourth-order valence-corrected chi connectivity index (χ4v) is 2.64. The lowest BCUT2D eigenvalue weighted by atomic mass is 10.1. The molecule has 8 nitrogen and oxygen atoms in total. The number of halogens is 1. The summed E-state index contributed by atoms with van der Waals surface area (Å²) in [7, 11) is 0. The number of carbonyl (C=O) groups excluding carboxylic acids is 2. The fraction of sp³-hybridized carbons (Fsp3) is 0. The molecule has 0 radical (unpaired) electrons. The first-order chi connectivity index (χ1) is 14.1. The van der Waals surface area contributed by atoms with Crippen molar-refractivity contribution in [2.75, 3.05) is 10.6 Å².